The van der Waals surface area contributed by atoms with Crippen LogP contribution < -0.4 is 20.3 Å². The normalized spacial score (nSPS) is 10.6. The molecule has 7 nitrogen and oxygen atoms in total. The van der Waals surface area contributed by atoms with Crippen molar-refractivity contribution in [1.29, 1.82) is 0 Å². The monoisotopic (exact) mass is 391 g/mol. The largest absolute Gasteiger partial charge is 0.493 e. The number of hydrogen-bond donors (Lipinski definition) is 2. The third-order valence-corrected chi connectivity index (χ3v) is 4.52. The quantitative estimate of drug-likeness (QED) is 0.676. The van der Waals surface area contributed by atoms with E-state index in [-0.39, 0.29) is 12.3 Å². The molecule has 0 aliphatic rings. The van der Waals surface area contributed by atoms with E-state index in [1.165, 1.54) is 18.4 Å². The highest BCUT2D eigenvalue weighted by Crippen LogP contribution is 2.28. The number of aryl methyl sites for hydroxylation is 1. The summed E-state index contributed by atoms with van der Waals surface area (Å²) in [6.45, 7) is 6.69. The Morgan fingerprint density at radius 1 is 1.22 bits per heavy atom. The number of hydrogen-bond acceptors (Lipinski definition) is 6. The lowest BCUT2D eigenvalue weighted by Crippen LogP contribution is -2.42. The molecule has 27 heavy (non-hydrogen) atoms. The van der Waals surface area contributed by atoms with Crippen LogP contribution in [0.25, 0.3) is 0 Å². The third-order valence-electron chi connectivity index (χ3n) is 3.70. The van der Waals surface area contributed by atoms with Gasteiger partial charge >= 0.3 is 0 Å². The average molecular weight is 391 g/mol. The Morgan fingerprint density at radius 2 is 2.00 bits per heavy atom. The van der Waals surface area contributed by atoms with Crippen molar-refractivity contribution in [3.05, 3.63) is 39.8 Å². The van der Waals surface area contributed by atoms with Crippen LogP contribution in [0.4, 0.5) is 0 Å². The molecule has 0 saturated carbocycles. The van der Waals surface area contributed by atoms with Gasteiger partial charge in [0.1, 0.15) is 0 Å². The van der Waals surface area contributed by atoms with Gasteiger partial charge < -0.3 is 9.47 Å². The number of rotatable bonds is 8. The number of ether oxygens (including phenoxy) is 2. The van der Waals surface area contributed by atoms with Gasteiger partial charge in [0.05, 0.1) is 30.8 Å². The SMILES string of the molecule is COc1cc(C(=O)NNC(=O)Cc2csc(C)n2)ccc1OCCC(C)C. The molecule has 0 aliphatic carbocycles. The van der Waals surface area contributed by atoms with Crippen LogP contribution in [0.5, 0.6) is 11.5 Å². The second-order valence-corrected chi connectivity index (χ2v) is 7.50. The molecular formula is C19H25N3O4S. The molecule has 0 aliphatic heterocycles. The van der Waals surface area contributed by atoms with E-state index in [1.54, 1.807) is 18.2 Å². The van der Waals surface area contributed by atoms with Crippen molar-refractivity contribution >= 4 is 23.2 Å². The second-order valence-electron chi connectivity index (χ2n) is 6.43. The molecule has 1 aromatic heterocycles. The van der Waals surface area contributed by atoms with Gasteiger partial charge in [0.15, 0.2) is 11.5 Å². The van der Waals surface area contributed by atoms with E-state index in [2.05, 4.69) is 29.7 Å². The van der Waals surface area contributed by atoms with Crippen molar-refractivity contribution in [2.45, 2.75) is 33.6 Å². The molecule has 0 fully saturated rings. The number of benzene rings is 1. The maximum Gasteiger partial charge on any atom is 0.269 e. The fraction of sp³-hybridized carbons (Fsp3) is 0.421. The van der Waals surface area contributed by atoms with Crippen LogP contribution in [-0.2, 0) is 11.2 Å². The van der Waals surface area contributed by atoms with Crippen molar-refractivity contribution in [2.75, 3.05) is 13.7 Å². The Labute approximate surface area is 163 Å². The summed E-state index contributed by atoms with van der Waals surface area (Å²) >= 11 is 1.48. The van der Waals surface area contributed by atoms with Crippen molar-refractivity contribution in [1.82, 2.24) is 15.8 Å². The number of carbonyl (C=O) groups excluding carboxylic acids is 2. The van der Waals surface area contributed by atoms with E-state index in [1.807, 2.05) is 12.3 Å². The number of carbonyl (C=O) groups is 2. The summed E-state index contributed by atoms with van der Waals surface area (Å²) < 4.78 is 11.0. The molecule has 2 N–H and O–H groups in total. The Kier molecular flexibility index (Phi) is 7.60. The molecule has 146 valence electrons. The summed E-state index contributed by atoms with van der Waals surface area (Å²) in [5, 5.41) is 2.71. The summed E-state index contributed by atoms with van der Waals surface area (Å²) in [5.74, 6) is 0.810. The van der Waals surface area contributed by atoms with Crippen LogP contribution in [0.2, 0.25) is 0 Å². The predicted octanol–water partition coefficient (Wildman–Crippen LogP) is 2.89. The molecule has 0 bridgehead atoms. The van der Waals surface area contributed by atoms with E-state index < -0.39 is 5.91 Å². The number of aromatic nitrogens is 1. The first-order valence-corrected chi connectivity index (χ1v) is 9.58. The lowest BCUT2D eigenvalue weighted by Gasteiger charge is -2.13. The maximum atomic E-state index is 12.3. The minimum atomic E-state index is -0.440. The van der Waals surface area contributed by atoms with Crippen LogP contribution in [0.3, 0.4) is 0 Å². The number of nitrogens with zero attached hydrogens (tertiary/aromatic N) is 1. The molecule has 2 rings (SSSR count). The molecule has 0 unspecified atom stereocenters. The topological polar surface area (TPSA) is 89.6 Å². The van der Waals surface area contributed by atoms with E-state index in [0.29, 0.717) is 35.3 Å². The Bertz CT molecular complexity index is 789. The minimum absolute atomic E-state index is 0.108. The molecular weight excluding hydrogens is 366 g/mol. The van der Waals surface area contributed by atoms with Crippen LogP contribution in [0.1, 0.15) is 41.3 Å². The van der Waals surface area contributed by atoms with Gasteiger partial charge in [-0.3, -0.25) is 20.4 Å². The highest BCUT2D eigenvalue weighted by molar-refractivity contribution is 7.09. The molecule has 2 aromatic rings. The maximum absolute atomic E-state index is 12.3. The van der Waals surface area contributed by atoms with Gasteiger partial charge in [-0.05, 0) is 37.5 Å². The Morgan fingerprint density at radius 3 is 2.63 bits per heavy atom. The number of hydrazine groups is 1. The first-order chi connectivity index (χ1) is 12.9. The van der Waals surface area contributed by atoms with Crippen LogP contribution >= 0.6 is 11.3 Å². The van der Waals surface area contributed by atoms with E-state index in [0.717, 1.165) is 11.4 Å². The smallest absolute Gasteiger partial charge is 0.269 e. The van der Waals surface area contributed by atoms with Crippen LogP contribution in [0.15, 0.2) is 23.6 Å². The zero-order valence-corrected chi connectivity index (χ0v) is 16.8. The van der Waals surface area contributed by atoms with Gasteiger partial charge in [-0.25, -0.2) is 4.98 Å². The first kappa shape index (κ1) is 20.7. The third kappa shape index (κ3) is 6.56. The molecule has 8 heteroatoms. The number of amides is 2. The lowest BCUT2D eigenvalue weighted by atomic mass is 10.1. The summed E-state index contributed by atoms with van der Waals surface area (Å²) in [6.07, 6.45) is 1.03. The number of methoxy groups -OCH3 is 1. The predicted molar refractivity (Wildman–Crippen MR) is 104 cm³/mol. The van der Waals surface area contributed by atoms with Crippen molar-refractivity contribution < 1.29 is 19.1 Å². The standard InChI is InChI=1S/C19H25N3O4S/c1-12(2)7-8-26-16-6-5-14(9-17(16)25-4)19(24)22-21-18(23)10-15-11-27-13(3)20-15/h5-6,9,11-12H,7-8,10H2,1-4H3,(H,21,23)(H,22,24). The minimum Gasteiger partial charge on any atom is -0.493 e. The van der Waals surface area contributed by atoms with Crippen molar-refractivity contribution in [2.24, 2.45) is 5.92 Å². The van der Waals surface area contributed by atoms with Gasteiger partial charge in [-0.15, -0.1) is 11.3 Å². The molecule has 1 aromatic carbocycles. The summed E-state index contributed by atoms with van der Waals surface area (Å²) in [7, 11) is 1.52. The summed E-state index contributed by atoms with van der Waals surface area (Å²) in [5.41, 5.74) is 5.82. The zero-order chi connectivity index (χ0) is 19.8. The molecule has 2 amide bonds. The lowest BCUT2D eigenvalue weighted by molar-refractivity contribution is -0.121. The van der Waals surface area contributed by atoms with E-state index >= 15 is 0 Å². The van der Waals surface area contributed by atoms with Gasteiger partial charge in [-0.1, -0.05) is 13.8 Å². The second kappa shape index (κ2) is 9.91. The Hall–Kier alpha value is -2.61. The molecule has 0 atom stereocenters. The average Bonchev–Trinajstić information content (AvgIpc) is 3.04. The summed E-state index contributed by atoms with van der Waals surface area (Å²) in [4.78, 5) is 28.4. The van der Waals surface area contributed by atoms with Crippen molar-refractivity contribution in [3.63, 3.8) is 0 Å². The van der Waals surface area contributed by atoms with E-state index in [9.17, 15) is 9.59 Å². The fourth-order valence-electron chi connectivity index (χ4n) is 2.23. The van der Waals surface area contributed by atoms with Crippen molar-refractivity contribution in [3.8, 4) is 11.5 Å². The van der Waals surface area contributed by atoms with Gasteiger partial charge in [0.25, 0.3) is 5.91 Å². The molecule has 1 heterocycles. The van der Waals surface area contributed by atoms with Crippen LogP contribution in [-0.4, -0.2) is 30.5 Å². The fourth-order valence-corrected chi connectivity index (χ4v) is 2.84. The highest BCUT2D eigenvalue weighted by atomic mass is 32.1. The molecule has 0 radical (unpaired) electrons. The van der Waals surface area contributed by atoms with Crippen LogP contribution in [0, 0.1) is 12.8 Å². The van der Waals surface area contributed by atoms with E-state index in [4.69, 9.17) is 9.47 Å². The van der Waals surface area contributed by atoms with Gasteiger partial charge in [0, 0.05) is 10.9 Å². The van der Waals surface area contributed by atoms with Gasteiger partial charge in [-0.2, -0.15) is 0 Å². The summed E-state index contributed by atoms with van der Waals surface area (Å²) in [6, 6.07) is 4.89. The van der Waals surface area contributed by atoms with Gasteiger partial charge in [0.2, 0.25) is 5.91 Å². The Balaban J connectivity index is 1.90. The number of thiazole rings is 1. The first-order valence-electron chi connectivity index (χ1n) is 8.70. The highest BCUT2D eigenvalue weighted by Gasteiger charge is 2.13. The number of nitrogens with one attached hydrogen (secondary N) is 2. The molecule has 0 spiro atoms. The molecule has 0 saturated heterocycles. The zero-order valence-electron chi connectivity index (χ0n) is 16.0.